The van der Waals surface area contributed by atoms with Crippen molar-refractivity contribution < 1.29 is 29.4 Å². The molecule has 0 bridgehead atoms. The minimum atomic E-state index is -1.58. The van der Waals surface area contributed by atoms with Crippen LogP contribution >= 0.6 is 0 Å². The van der Waals surface area contributed by atoms with Gasteiger partial charge in [0.2, 0.25) is 11.8 Å². The minimum Gasteiger partial charge on any atom is -0.480 e. The van der Waals surface area contributed by atoms with E-state index >= 15 is 0 Å². The molecule has 0 saturated heterocycles. The van der Waals surface area contributed by atoms with Gasteiger partial charge in [-0.1, -0.05) is 44.2 Å². The molecule has 0 heterocycles. The van der Waals surface area contributed by atoms with Gasteiger partial charge in [-0.3, -0.25) is 14.4 Å². The third kappa shape index (κ3) is 8.58. The molecule has 8 N–H and O–H groups in total. The van der Waals surface area contributed by atoms with E-state index in [0.717, 1.165) is 5.56 Å². The number of carboxylic acids is 1. The lowest BCUT2D eigenvalue weighted by Gasteiger charge is -2.25. The number of nitrogens with one attached hydrogen (secondary N) is 2. The number of rotatable bonds is 12. The van der Waals surface area contributed by atoms with Crippen LogP contribution in [-0.2, 0) is 25.6 Å². The second-order valence-electron chi connectivity index (χ2n) is 7.56. The maximum Gasteiger partial charge on any atom is 0.326 e. The lowest BCUT2D eigenvalue weighted by atomic mass is 9.99. The Balaban J connectivity index is 2.81. The molecule has 0 aliphatic rings. The number of benzene rings is 1. The SMILES string of the molecule is CC(C)C[C@H](NC(=O)[C@@H](O)[C@H](N)Cc1ccccc1)C(=O)N[C@@H](CC(N)=O)C(=O)O. The first kappa shape index (κ1) is 25.1. The monoisotopic (exact) mass is 422 g/mol. The van der Waals surface area contributed by atoms with E-state index in [1.54, 1.807) is 0 Å². The van der Waals surface area contributed by atoms with Gasteiger partial charge in [-0.25, -0.2) is 4.79 Å². The summed E-state index contributed by atoms with van der Waals surface area (Å²) >= 11 is 0. The van der Waals surface area contributed by atoms with Gasteiger partial charge in [-0.05, 0) is 24.3 Å². The number of hydrogen-bond donors (Lipinski definition) is 6. The van der Waals surface area contributed by atoms with E-state index < -0.39 is 54.3 Å². The molecule has 0 aliphatic heterocycles. The molecule has 3 amide bonds. The number of aliphatic hydroxyl groups excluding tert-OH is 1. The standard InChI is InChI=1S/C20H30N4O6/c1-11(2)8-14(18(27)24-15(20(29)30)10-16(22)25)23-19(28)17(26)13(21)9-12-6-4-3-5-7-12/h3-7,11,13-15,17,26H,8-10,21H2,1-2H3,(H2,22,25)(H,23,28)(H,24,27)(H,29,30)/t13-,14+,15+,17+/m1/s1. The lowest BCUT2D eigenvalue weighted by molar-refractivity contribution is -0.144. The predicted molar refractivity (Wildman–Crippen MR) is 109 cm³/mol. The highest BCUT2D eigenvalue weighted by Gasteiger charge is 2.31. The molecule has 1 aromatic carbocycles. The van der Waals surface area contributed by atoms with Crippen LogP contribution in [0.5, 0.6) is 0 Å². The molecular formula is C20H30N4O6. The van der Waals surface area contributed by atoms with Crippen molar-refractivity contribution in [1.82, 2.24) is 10.6 Å². The first-order valence-electron chi connectivity index (χ1n) is 9.60. The molecule has 1 aromatic rings. The van der Waals surface area contributed by atoms with Crippen LogP contribution in [0.4, 0.5) is 0 Å². The highest BCUT2D eigenvalue weighted by molar-refractivity contribution is 5.93. The van der Waals surface area contributed by atoms with Crippen LogP contribution in [0.1, 0.15) is 32.3 Å². The number of nitrogens with two attached hydrogens (primary N) is 2. The van der Waals surface area contributed by atoms with Crippen LogP contribution in [-0.4, -0.2) is 58.1 Å². The number of hydrogen-bond acceptors (Lipinski definition) is 6. The molecular weight excluding hydrogens is 392 g/mol. The summed E-state index contributed by atoms with van der Waals surface area (Å²) in [6.07, 6.45) is -1.74. The number of aliphatic carboxylic acids is 1. The fourth-order valence-corrected chi connectivity index (χ4v) is 2.83. The number of aliphatic hydroxyl groups is 1. The highest BCUT2D eigenvalue weighted by Crippen LogP contribution is 2.09. The minimum absolute atomic E-state index is 0.0318. The molecule has 0 saturated carbocycles. The molecule has 4 atom stereocenters. The normalized spacial score (nSPS) is 15.0. The number of carbonyl (C=O) groups excluding carboxylic acids is 3. The molecule has 0 aromatic heterocycles. The zero-order chi connectivity index (χ0) is 22.8. The number of carboxylic acid groups (broad SMARTS) is 1. The van der Waals surface area contributed by atoms with E-state index in [0.29, 0.717) is 0 Å². The third-order valence-corrected chi connectivity index (χ3v) is 4.35. The molecule has 0 unspecified atom stereocenters. The summed E-state index contributed by atoms with van der Waals surface area (Å²) < 4.78 is 0. The van der Waals surface area contributed by atoms with Gasteiger partial charge in [0.1, 0.15) is 18.2 Å². The van der Waals surface area contributed by atoms with E-state index in [4.69, 9.17) is 16.6 Å². The van der Waals surface area contributed by atoms with Crippen molar-refractivity contribution in [2.45, 2.75) is 57.3 Å². The van der Waals surface area contributed by atoms with Crippen molar-refractivity contribution >= 4 is 23.7 Å². The van der Waals surface area contributed by atoms with E-state index in [9.17, 15) is 24.3 Å². The Hall–Kier alpha value is -2.98. The average Bonchev–Trinajstić information content (AvgIpc) is 2.66. The van der Waals surface area contributed by atoms with Crippen molar-refractivity contribution in [2.75, 3.05) is 0 Å². The van der Waals surface area contributed by atoms with Crippen molar-refractivity contribution in [3.05, 3.63) is 35.9 Å². The number of carbonyl (C=O) groups is 4. The molecule has 10 nitrogen and oxygen atoms in total. The van der Waals surface area contributed by atoms with Crippen molar-refractivity contribution in [3.63, 3.8) is 0 Å². The zero-order valence-electron chi connectivity index (χ0n) is 17.1. The molecule has 1 rings (SSSR count). The maximum atomic E-state index is 12.5. The van der Waals surface area contributed by atoms with Crippen LogP contribution in [0.25, 0.3) is 0 Å². The van der Waals surface area contributed by atoms with E-state index in [1.165, 1.54) is 0 Å². The van der Waals surface area contributed by atoms with E-state index in [1.807, 2.05) is 44.2 Å². The smallest absolute Gasteiger partial charge is 0.326 e. The van der Waals surface area contributed by atoms with Crippen LogP contribution < -0.4 is 22.1 Å². The Morgan fingerprint density at radius 1 is 1.00 bits per heavy atom. The molecule has 0 radical (unpaired) electrons. The summed E-state index contributed by atoms with van der Waals surface area (Å²) in [5.41, 5.74) is 11.8. The molecule has 0 aliphatic carbocycles. The van der Waals surface area contributed by atoms with Gasteiger partial charge < -0.3 is 32.3 Å². The van der Waals surface area contributed by atoms with Crippen LogP contribution in [0.15, 0.2) is 30.3 Å². The number of primary amides is 1. The lowest BCUT2D eigenvalue weighted by Crippen LogP contribution is -2.56. The Morgan fingerprint density at radius 3 is 2.07 bits per heavy atom. The van der Waals surface area contributed by atoms with Crippen LogP contribution in [0.3, 0.4) is 0 Å². The zero-order valence-corrected chi connectivity index (χ0v) is 17.1. The van der Waals surface area contributed by atoms with Gasteiger partial charge in [0.05, 0.1) is 6.42 Å². The summed E-state index contributed by atoms with van der Waals surface area (Å²) in [7, 11) is 0. The summed E-state index contributed by atoms with van der Waals surface area (Å²) in [5.74, 6) is -4.00. The molecule has 0 spiro atoms. The first-order chi connectivity index (χ1) is 14.0. The largest absolute Gasteiger partial charge is 0.480 e. The van der Waals surface area contributed by atoms with Crippen LogP contribution in [0.2, 0.25) is 0 Å². The Morgan fingerprint density at radius 2 is 1.57 bits per heavy atom. The average molecular weight is 422 g/mol. The van der Waals surface area contributed by atoms with Gasteiger partial charge in [0.15, 0.2) is 0 Å². The number of amides is 3. The molecule has 30 heavy (non-hydrogen) atoms. The first-order valence-corrected chi connectivity index (χ1v) is 9.60. The quantitative estimate of drug-likeness (QED) is 0.246. The van der Waals surface area contributed by atoms with Crippen molar-refractivity contribution in [2.24, 2.45) is 17.4 Å². The maximum absolute atomic E-state index is 12.5. The van der Waals surface area contributed by atoms with E-state index in [2.05, 4.69) is 10.6 Å². The van der Waals surface area contributed by atoms with Gasteiger partial charge in [-0.15, -0.1) is 0 Å². The fourth-order valence-electron chi connectivity index (χ4n) is 2.83. The van der Waals surface area contributed by atoms with Gasteiger partial charge in [0.25, 0.3) is 5.91 Å². The topological polar surface area (TPSA) is 185 Å². The second kappa shape index (κ2) is 11.9. The predicted octanol–water partition coefficient (Wildman–Crippen LogP) is -1.11. The Bertz CT molecular complexity index is 740. The third-order valence-electron chi connectivity index (χ3n) is 4.35. The van der Waals surface area contributed by atoms with Gasteiger partial charge in [0, 0.05) is 6.04 Å². The molecule has 166 valence electrons. The van der Waals surface area contributed by atoms with Crippen molar-refractivity contribution in [1.29, 1.82) is 0 Å². The van der Waals surface area contributed by atoms with E-state index in [-0.39, 0.29) is 18.8 Å². The Labute approximate surface area is 175 Å². The van der Waals surface area contributed by atoms with Gasteiger partial charge in [-0.2, -0.15) is 0 Å². The Kier molecular flexibility index (Phi) is 9.93. The van der Waals surface area contributed by atoms with Crippen molar-refractivity contribution in [3.8, 4) is 0 Å². The summed E-state index contributed by atoms with van der Waals surface area (Å²) in [4.78, 5) is 47.3. The van der Waals surface area contributed by atoms with Crippen LogP contribution in [0, 0.1) is 5.92 Å². The summed E-state index contributed by atoms with van der Waals surface area (Å²) in [5, 5.41) is 24.1. The summed E-state index contributed by atoms with van der Waals surface area (Å²) in [6.45, 7) is 3.62. The fraction of sp³-hybridized carbons (Fsp3) is 0.500. The van der Waals surface area contributed by atoms with Gasteiger partial charge >= 0.3 is 5.97 Å². The molecule has 10 heteroatoms. The summed E-state index contributed by atoms with van der Waals surface area (Å²) in [6, 6.07) is 5.52. The highest BCUT2D eigenvalue weighted by atomic mass is 16.4. The second-order valence-corrected chi connectivity index (χ2v) is 7.56. The molecule has 0 fully saturated rings.